The Labute approximate surface area is 144 Å². The number of hydrogen-bond donors (Lipinski definition) is 0. The third-order valence-electron chi connectivity index (χ3n) is 3.33. The summed E-state index contributed by atoms with van der Waals surface area (Å²) < 4.78 is 4.48. The summed E-state index contributed by atoms with van der Waals surface area (Å²) in [6.45, 7) is -0.367. The lowest BCUT2D eigenvalue weighted by molar-refractivity contribution is -0.143. The quantitative estimate of drug-likeness (QED) is 0.603. The Bertz CT molecular complexity index is 708. The number of anilines is 1. The van der Waals surface area contributed by atoms with Crippen LogP contribution in [0.2, 0.25) is 0 Å². The summed E-state index contributed by atoms with van der Waals surface area (Å²) in [5.41, 5.74) is 2.07. The normalized spacial score (nSPS) is 16.3. The van der Waals surface area contributed by atoms with Gasteiger partial charge in [0.05, 0.1) is 12.0 Å². The second-order valence-electron chi connectivity index (χ2n) is 5.21. The van der Waals surface area contributed by atoms with Crippen LogP contribution in [0.1, 0.15) is 5.56 Å². The molecule has 24 heavy (non-hydrogen) atoms. The van der Waals surface area contributed by atoms with Gasteiger partial charge in [-0.3, -0.25) is 19.3 Å². The molecular formula is C17H18N2O4S. The molecule has 0 spiro atoms. The average Bonchev–Trinajstić information content (AvgIpc) is 2.83. The van der Waals surface area contributed by atoms with Gasteiger partial charge in [-0.25, -0.2) is 0 Å². The van der Waals surface area contributed by atoms with Crippen LogP contribution in [0.3, 0.4) is 0 Å². The number of benzene rings is 1. The van der Waals surface area contributed by atoms with E-state index in [0.717, 1.165) is 27.9 Å². The number of nitrogens with zero attached hydrogens (tertiary/aromatic N) is 2. The molecule has 7 heteroatoms. The van der Waals surface area contributed by atoms with Crippen LogP contribution in [0.15, 0.2) is 41.3 Å². The second-order valence-corrected chi connectivity index (χ2v) is 6.20. The first-order chi connectivity index (χ1) is 11.4. The van der Waals surface area contributed by atoms with Gasteiger partial charge in [0, 0.05) is 19.8 Å². The zero-order valence-electron chi connectivity index (χ0n) is 13.7. The highest BCUT2D eigenvalue weighted by Crippen LogP contribution is 2.30. The maximum absolute atomic E-state index is 12.1. The fourth-order valence-corrected chi connectivity index (χ4v) is 2.76. The van der Waals surface area contributed by atoms with E-state index in [-0.39, 0.29) is 11.4 Å². The summed E-state index contributed by atoms with van der Waals surface area (Å²) in [4.78, 5) is 38.3. The number of amides is 2. The molecule has 0 aliphatic carbocycles. The molecule has 1 saturated heterocycles. The van der Waals surface area contributed by atoms with E-state index in [0.29, 0.717) is 0 Å². The number of methoxy groups -OCH3 is 1. The number of rotatable bonds is 5. The van der Waals surface area contributed by atoms with Gasteiger partial charge in [0.25, 0.3) is 11.1 Å². The van der Waals surface area contributed by atoms with Crippen molar-refractivity contribution in [2.75, 3.05) is 32.6 Å². The Kier molecular flexibility index (Phi) is 5.81. The van der Waals surface area contributed by atoms with Crippen LogP contribution in [0.5, 0.6) is 0 Å². The van der Waals surface area contributed by atoms with Crippen molar-refractivity contribution in [1.82, 2.24) is 4.90 Å². The SMILES string of the molecule is COC(=O)CN1C(=O)S/C(=C\C=C\c2ccc(N(C)C)cc2)C1=O. The summed E-state index contributed by atoms with van der Waals surface area (Å²) in [7, 11) is 5.14. The van der Waals surface area contributed by atoms with Crippen LogP contribution in [0.4, 0.5) is 10.5 Å². The number of allylic oxidation sites excluding steroid dienone is 2. The number of thioether (sulfide) groups is 1. The Balaban J connectivity index is 2.05. The summed E-state index contributed by atoms with van der Waals surface area (Å²) in [6, 6.07) is 7.90. The van der Waals surface area contributed by atoms with Crippen molar-refractivity contribution in [3.63, 3.8) is 0 Å². The van der Waals surface area contributed by atoms with Gasteiger partial charge < -0.3 is 9.64 Å². The Morgan fingerprint density at radius 3 is 2.50 bits per heavy atom. The van der Waals surface area contributed by atoms with Crippen LogP contribution in [0.25, 0.3) is 6.08 Å². The van der Waals surface area contributed by atoms with Crippen molar-refractivity contribution in [3.05, 3.63) is 46.9 Å². The maximum atomic E-state index is 12.1. The lowest BCUT2D eigenvalue weighted by atomic mass is 10.2. The summed E-state index contributed by atoms with van der Waals surface area (Å²) in [5, 5.41) is -0.472. The van der Waals surface area contributed by atoms with E-state index in [9.17, 15) is 14.4 Å². The molecule has 1 heterocycles. The van der Waals surface area contributed by atoms with E-state index in [1.807, 2.05) is 49.3 Å². The van der Waals surface area contributed by atoms with Gasteiger partial charge in [0.2, 0.25) is 0 Å². The zero-order valence-corrected chi connectivity index (χ0v) is 14.5. The number of carbonyl (C=O) groups excluding carboxylic acids is 3. The van der Waals surface area contributed by atoms with E-state index in [1.54, 1.807) is 12.2 Å². The minimum absolute atomic E-state index is 0.282. The molecule has 0 saturated carbocycles. The number of imide groups is 1. The molecule has 1 aromatic carbocycles. The molecule has 1 fully saturated rings. The molecule has 1 aliphatic rings. The highest BCUT2D eigenvalue weighted by molar-refractivity contribution is 8.18. The van der Waals surface area contributed by atoms with Gasteiger partial charge >= 0.3 is 5.97 Å². The van der Waals surface area contributed by atoms with Gasteiger partial charge in [-0.1, -0.05) is 24.3 Å². The minimum atomic E-state index is -0.630. The lowest BCUT2D eigenvalue weighted by Gasteiger charge is -2.11. The third-order valence-corrected chi connectivity index (χ3v) is 4.26. The summed E-state index contributed by atoms with van der Waals surface area (Å²) in [6.07, 6.45) is 5.12. The topological polar surface area (TPSA) is 66.9 Å². The molecule has 1 aromatic rings. The minimum Gasteiger partial charge on any atom is -0.468 e. The Hall–Kier alpha value is -2.54. The number of hydrogen-bond acceptors (Lipinski definition) is 6. The Morgan fingerprint density at radius 1 is 1.25 bits per heavy atom. The first-order valence-corrected chi connectivity index (χ1v) is 8.00. The van der Waals surface area contributed by atoms with Crippen molar-refractivity contribution in [2.45, 2.75) is 0 Å². The predicted molar refractivity (Wildman–Crippen MR) is 94.6 cm³/mol. The summed E-state index contributed by atoms with van der Waals surface area (Å²) in [5.74, 6) is -1.11. The largest absolute Gasteiger partial charge is 0.468 e. The van der Waals surface area contributed by atoms with Crippen molar-refractivity contribution in [1.29, 1.82) is 0 Å². The van der Waals surface area contributed by atoms with E-state index in [2.05, 4.69) is 4.74 Å². The molecule has 0 radical (unpaired) electrons. The molecule has 126 valence electrons. The molecule has 0 bridgehead atoms. The van der Waals surface area contributed by atoms with Gasteiger partial charge in [0.15, 0.2) is 0 Å². The van der Waals surface area contributed by atoms with E-state index >= 15 is 0 Å². The van der Waals surface area contributed by atoms with E-state index in [4.69, 9.17) is 0 Å². The van der Waals surface area contributed by atoms with Gasteiger partial charge in [-0.15, -0.1) is 0 Å². The molecule has 2 rings (SSSR count). The smallest absolute Gasteiger partial charge is 0.325 e. The highest BCUT2D eigenvalue weighted by atomic mass is 32.2. The van der Waals surface area contributed by atoms with Crippen molar-refractivity contribution in [2.24, 2.45) is 0 Å². The standard InChI is InChI=1S/C17H18N2O4S/c1-18(2)13-9-7-12(8-10-13)5-4-6-14-16(21)19(17(22)24-14)11-15(20)23-3/h4-10H,11H2,1-3H3/b5-4+,14-6-. The molecule has 1 aliphatic heterocycles. The molecular weight excluding hydrogens is 328 g/mol. The maximum Gasteiger partial charge on any atom is 0.325 e. The predicted octanol–water partition coefficient (Wildman–Crippen LogP) is 2.52. The molecule has 6 nitrogen and oxygen atoms in total. The number of ether oxygens (including phenoxy) is 1. The third kappa shape index (κ3) is 4.26. The van der Waals surface area contributed by atoms with Crippen molar-refractivity contribution >= 4 is 40.6 Å². The lowest BCUT2D eigenvalue weighted by Crippen LogP contribution is -2.34. The van der Waals surface area contributed by atoms with Gasteiger partial charge in [-0.05, 0) is 35.5 Å². The molecule has 0 aromatic heterocycles. The Morgan fingerprint density at radius 2 is 1.92 bits per heavy atom. The number of carbonyl (C=O) groups is 3. The second kappa shape index (κ2) is 7.83. The van der Waals surface area contributed by atoms with Gasteiger partial charge in [0.1, 0.15) is 6.54 Å². The van der Waals surface area contributed by atoms with Crippen molar-refractivity contribution in [3.8, 4) is 0 Å². The average molecular weight is 346 g/mol. The van der Waals surface area contributed by atoms with Crippen LogP contribution in [-0.2, 0) is 14.3 Å². The number of esters is 1. The molecule has 2 amide bonds. The highest BCUT2D eigenvalue weighted by Gasteiger charge is 2.36. The first kappa shape index (κ1) is 17.8. The van der Waals surface area contributed by atoms with E-state index in [1.165, 1.54) is 7.11 Å². The molecule has 0 N–H and O–H groups in total. The van der Waals surface area contributed by atoms with Crippen LogP contribution in [0, 0.1) is 0 Å². The zero-order chi connectivity index (χ0) is 17.7. The fourth-order valence-electron chi connectivity index (χ4n) is 1.97. The molecule has 0 atom stereocenters. The first-order valence-electron chi connectivity index (χ1n) is 7.18. The van der Waals surface area contributed by atoms with E-state index < -0.39 is 17.1 Å². The van der Waals surface area contributed by atoms with Crippen LogP contribution >= 0.6 is 11.8 Å². The van der Waals surface area contributed by atoms with Crippen molar-refractivity contribution < 1.29 is 19.1 Å². The van der Waals surface area contributed by atoms with Crippen LogP contribution in [-0.4, -0.2) is 49.8 Å². The fraction of sp³-hybridized carbons (Fsp3) is 0.235. The molecule has 0 unspecified atom stereocenters. The van der Waals surface area contributed by atoms with Gasteiger partial charge in [-0.2, -0.15) is 0 Å². The monoisotopic (exact) mass is 346 g/mol. The summed E-state index contributed by atoms with van der Waals surface area (Å²) >= 11 is 0.809. The van der Waals surface area contributed by atoms with Crippen LogP contribution < -0.4 is 4.90 Å².